The molecule has 2 aromatic rings. The van der Waals surface area contributed by atoms with Gasteiger partial charge in [-0.05, 0) is 18.9 Å². The number of fused-ring (bicyclic) bond motifs is 1. The van der Waals surface area contributed by atoms with Gasteiger partial charge in [-0.2, -0.15) is 0 Å². The number of nitrogens with zero attached hydrogens (tertiary/aromatic N) is 1. The summed E-state index contributed by atoms with van der Waals surface area (Å²) in [6.45, 7) is 0.202. The molecule has 0 aliphatic heterocycles. The lowest BCUT2D eigenvalue weighted by molar-refractivity contribution is 0.0595. The smallest absolute Gasteiger partial charge is 0.259 e. The van der Waals surface area contributed by atoms with Gasteiger partial charge in [-0.3, -0.25) is 9.78 Å². The van der Waals surface area contributed by atoms with Crippen LogP contribution >= 0.6 is 0 Å². The molecule has 0 amide bonds. The first-order valence-electron chi connectivity index (χ1n) is 7.63. The third kappa shape index (κ3) is 1.79. The fraction of sp³-hybridized carbons (Fsp3) is 0.500. The van der Waals surface area contributed by atoms with E-state index in [1.54, 1.807) is 18.5 Å². The number of nitrogens with one attached hydrogen (secondary N) is 2. The van der Waals surface area contributed by atoms with Crippen LogP contribution in [0, 0.1) is 11.3 Å². The molecule has 116 valence electrons. The van der Waals surface area contributed by atoms with Crippen LogP contribution in [0.2, 0.25) is 0 Å². The van der Waals surface area contributed by atoms with E-state index >= 15 is 0 Å². The van der Waals surface area contributed by atoms with Crippen molar-refractivity contribution in [2.24, 2.45) is 11.3 Å². The number of hydrogen-bond donors (Lipinski definition) is 2. The van der Waals surface area contributed by atoms with Gasteiger partial charge in [0.1, 0.15) is 0 Å². The molecule has 0 aromatic carbocycles. The molecule has 2 N–H and O–H groups in total. The maximum Gasteiger partial charge on any atom is 0.259 e. The summed E-state index contributed by atoms with van der Waals surface area (Å²) in [5.41, 5.74) is 0.146. The van der Waals surface area contributed by atoms with Crippen LogP contribution in [0.1, 0.15) is 25.7 Å². The van der Waals surface area contributed by atoms with Gasteiger partial charge >= 0.3 is 0 Å². The summed E-state index contributed by atoms with van der Waals surface area (Å²) in [5, 5.41) is 3.86. The van der Waals surface area contributed by atoms with Gasteiger partial charge in [0.2, 0.25) is 0 Å². The average molecular weight is 305 g/mol. The van der Waals surface area contributed by atoms with Gasteiger partial charge in [0.05, 0.1) is 17.6 Å². The van der Waals surface area contributed by atoms with Crippen LogP contribution in [0.25, 0.3) is 10.9 Å². The fourth-order valence-electron chi connectivity index (χ4n) is 4.07. The van der Waals surface area contributed by atoms with Crippen molar-refractivity contribution in [3.05, 3.63) is 34.9 Å². The summed E-state index contributed by atoms with van der Waals surface area (Å²) in [5.74, 6) is -3.20. The van der Waals surface area contributed by atoms with E-state index in [1.807, 2.05) is 0 Å². The number of hydrogen-bond acceptors (Lipinski definition) is 3. The predicted molar refractivity (Wildman–Crippen MR) is 80.2 cm³/mol. The molecule has 1 unspecified atom stereocenters. The maximum atomic E-state index is 14.1. The number of H-pyrrole nitrogens is 1. The summed E-state index contributed by atoms with van der Waals surface area (Å²) in [6.07, 6.45) is 6.21. The van der Waals surface area contributed by atoms with Crippen molar-refractivity contribution in [3.63, 3.8) is 0 Å². The molecule has 1 spiro atoms. The Balaban J connectivity index is 1.59. The first-order chi connectivity index (χ1) is 10.5. The Morgan fingerprint density at radius 2 is 2.14 bits per heavy atom. The summed E-state index contributed by atoms with van der Waals surface area (Å²) in [6, 6.07) is 3.19. The highest BCUT2D eigenvalue weighted by molar-refractivity contribution is 5.90. The molecule has 2 heterocycles. The molecular weight excluding hydrogens is 288 g/mol. The second-order valence-electron chi connectivity index (χ2n) is 6.39. The summed E-state index contributed by atoms with van der Waals surface area (Å²) in [4.78, 5) is 18.3. The molecule has 1 atom stereocenters. The molecule has 0 bridgehead atoms. The lowest BCUT2D eigenvalue weighted by Gasteiger charge is -2.10. The van der Waals surface area contributed by atoms with Crippen LogP contribution in [0.5, 0.6) is 0 Å². The topological polar surface area (TPSA) is 57.8 Å². The molecule has 4 rings (SSSR count). The predicted octanol–water partition coefficient (Wildman–Crippen LogP) is 3.16. The van der Waals surface area contributed by atoms with E-state index in [9.17, 15) is 13.6 Å². The molecule has 22 heavy (non-hydrogen) atoms. The minimum atomic E-state index is -2.57. The van der Waals surface area contributed by atoms with Crippen LogP contribution < -0.4 is 10.9 Å². The minimum Gasteiger partial charge on any atom is -0.384 e. The Kier molecular flexibility index (Phi) is 2.80. The van der Waals surface area contributed by atoms with Crippen molar-refractivity contribution in [1.82, 2.24) is 9.97 Å². The lowest BCUT2D eigenvalue weighted by Crippen LogP contribution is -2.13. The van der Waals surface area contributed by atoms with Crippen molar-refractivity contribution in [2.75, 3.05) is 11.9 Å². The summed E-state index contributed by atoms with van der Waals surface area (Å²) >= 11 is 0. The highest BCUT2D eigenvalue weighted by Gasteiger charge is 2.79. The van der Waals surface area contributed by atoms with Crippen molar-refractivity contribution in [1.29, 1.82) is 0 Å². The second kappa shape index (κ2) is 4.51. The van der Waals surface area contributed by atoms with Crippen LogP contribution in [0.4, 0.5) is 14.5 Å². The maximum absolute atomic E-state index is 14.1. The van der Waals surface area contributed by atoms with Crippen molar-refractivity contribution in [3.8, 4) is 0 Å². The molecule has 4 nitrogen and oxygen atoms in total. The van der Waals surface area contributed by atoms with Gasteiger partial charge in [0.15, 0.2) is 0 Å². The quantitative estimate of drug-likeness (QED) is 0.916. The monoisotopic (exact) mass is 305 g/mol. The minimum absolute atomic E-state index is 0.202. The third-order valence-electron chi connectivity index (χ3n) is 5.32. The Morgan fingerprint density at radius 3 is 2.91 bits per heavy atom. The van der Waals surface area contributed by atoms with Gasteiger partial charge in [-0.15, -0.1) is 0 Å². The van der Waals surface area contributed by atoms with Crippen molar-refractivity contribution >= 4 is 16.6 Å². The lowest BCUT2D eigenvalue weighted by atomic mass is 10.0. The van der Waals surface area contributed by atoms with Crippen LogP contribution in [0.3, 0.4) is 0 Å². The van der Waals surface area contributed by atoms with Gasteiger partial charge in [-0.1, -0.05) is 12.8 Å². The Labute approximate surface area is 126 Å². The highest BCUT2D eigenvalue weighted by atomic mass is 19.3. The van der Waals surface area contributed by atoms with Crippen molar-refractivity contribution in [2.45, 2.75) is 31.6 Å². The molecule has 0 radical (unpaired) electrons. The highest BCUT2D eigenvalue weighted by Crippen LogP contribution is 2.73. The molecule has 2 fully saturated rings. The SMILES string of the molecule is O=c1cc(NCC2C(F)(F)C23CCCC3)c2ccncc2[nH]1. The van der Waals surface area contributed by atoms with Crippen molar-refractivity contribution < 1.29 is 8.78 Å². The van der Waals surface area contributed by atoms with Gasteiger partial charge in [0.25, 0.3) is 11.5 Å². The van der Waals surface area contributed by atoms with E-state index in [4.69, 9.17) is 0 Å². The largest absolute Gasteiger partial charge is 0.384 e. The van der Waals surface area contributed by atoms with Crippen LogP contribution in [0.15, 0.2) is 29.3 Å². The zero-order chi connectivity index (χ0) is 15.4. The normalized spacial score (nSPS) is 24.7. The Morgan fingerprint density at radius 1 is 1.36 bits per heavy atom. The van der Waals surface area contributed by atoms with Crippen LogP contribution in [-0.2, 0) is 0 Å². The number of aromatic amines is 1. The number of rotatable bonds is 3. The number of halogens is 2. The molecule has 2 aliphatic rings. The van der Waals surface area contributed by atoms with E-state index in [0.717, 1.165) is 18.2 Å². The Hall–Kier alpha value is -1.98. The van der Waals surface area contributed by atoms with E-state index in [-0.39, 0.29) is 12.1 Å². The first kappa shape index (κ1) is 13.7. The average Bonchev–Trinajstić information content (AvgIpc) is 2.84. The molecular formula is C16H17F2N3O. The standard InChI is InChI=1S/C16H17F2N3O/c17-16(18)13(15(16)4-1-2-5-15)9-20-11-7-14(22)21-12-8-19-6-3-10(11)12/h3,6-8,13H,1-2,4-5,9H2,(H2,20,21,22). The fourth-order valence-corrected chi connectivity index (χ4v) is 4.07. The zero-order valence-corrected chi connectivity index (χ0v) is 12.0. The number of aromatic nitrogens is 2. The van der Waals surface area contributed by atoms with E-state index < -0.39 is 17.3 Å². The van der Waals surface area contributed by atoms with Gasteiger partial charge in [-0.25, -0.2) is 8.78 Å². The van der Waals surface area contributed by atoms with Gasteiger partial charge in [0, 0.05) is 35.3 Å². The second-order valence-corrected chi connectivity index (χ2v) is 6.39. The van der Waals surface area contributed by atoms with Crippen LogP contribution in [-0.4, -0.2) is 22.4 Å². The molecule has 0 saturated heterocycles. The number of pyridine rings is 2. The summed E-state index contributed by atoms with van der Waals surface area (Å²) < 4.78 is 28.3. The zero-order valence-electron chi connectivity index (χ0n) is 12.0. The third-order valence-corrected chi connectivity index (χ3v) is 5.32. The van der Waals surface area contributed by atoms with E-state index in [0.29, 0.717) is 24.0 Å². The number of anilines is 1. The summed E-state index contributed by atoms with van der Waals surface area (Å²) in [7, 11) is 0. The van der Waals surface area contributed by atoms with E-state index in [1.165, 1.54) is 6.07 Å². The number of alkyl halides is 2. The van der Waals surface area contributed by atoms with E-state index in [2.05, 4.69) is 15.3 Å². The molecule has 2 aromatic heterocycles. The first-order valence-corrected chi connectivity index (χ1v) is 7.63. The molecule has 6 heteroatoms. The Bertz CT molecular complexity index is 780. The molecule has 2 aliphatic carbocycles. The molecule has 2 saturated carbocycles. The van der Waals surface area contributed by atoms with Gasteiger partial charge < -0.3 is 10.3 Å².